The molecule has 4 rings (SSSR count). The molecule has 0 aliphatic heterocycles. The third-order valence-corrected chi connectivity index (χ3v) is 10.1. The molecule has 3 saturated carbocycles. The van der Waals surface area contributed by atoms with E-state index in [0.717, 1.165) is 19.3 Å². The molecule has 4 aliphatic carbocycles. The molecular formula is C27H42O3. The normalized spacial score (nSPS) is 42.9. The predicted octanol–water partition coefficient (Wildman–Crippen LogP) is 6.07. The number of hydrogen-bond donors (Lipinski definition) is 1. The van der Waals surface area contributed by atoms with E-state index in [1.165, 1.54) is 38.4 Å². The molecule has 168 valence electrons. The van der Waals surface area contributed by atoms with E-state index in [1.807, 2.05) is 0 Å². The number of fused-ring (bicyclic) bond motifs is 5. The van der Waals surface area contributed by atoms with Crippen LogP contribution in [0.3, 0.4) is 0 Å². The summed E-state index contributed by atoms with van der Waals surface area (Å²) >= 11 is 0. The molecule has 0 amide bonds. The maximum Gasteiger partial charge on any atom is 0.305 e. The fraction of sp³-hybridized carbons (Fsp3) is 0.815. The van der Waals surface area contributed by atoms with Crippen LogP contribution >= 0.6 is 0 Å². The minimum absolute atomic E-state index is 0.0836. The maximum atomic E-state index is 11.7. The van der Waals surface area contributed by atoms with Gasteiger partial charge in [0.1, 0.15) is 0 Å². The lowest BCUT2D eigenvalue weighted by Gasteiger charge is -2.59. The molecule has 4 aliphatic rings. The molecular weight excluding hydrogens is 372 g/mol. The van der Waals surface area contributed by atoms with Gasteiger partial charge in [-0.25, -0.2) is 0 Å². The van der Waals surface area contributed by atoms with Crippen LogP contribution in [0, 0.1) is 39.9 Å². The number of ether oxygens (including phenoxy) is 1. The first-order chi connectivity index (χ1) is 14.1. The highest BCUT2D eigenvalue weighted by Gasteiger charge is 2.60. The first-order valence-electron chi connectivity index (χ1n) is 12.2. The number of hydrogen-bond acceptors (Lipinski definition) is 3. The number of methoxy groups -OCH3 is 1. The average molecular weight is 415 g/mol. The number of aliphatic hydroxyl groups is 1. The van der Waals surface area contributed by atoms with Gasteiger partial charge in [-0.3, -0.25) is 4.79 Å². The van der Waals surface area contributed by atoms with Crippen LogP contribution in [0.5, 0.6) is 0 Å². The van der Waals surface area contributed by atoms with Gasteiger partial charge < -0.3 is 9.84 Å². The van der Waals surface area contributed by atoms with Gasteiger partial charge in [0.05, 0.1) is 13.2 Å². The number of aliphatic hydroxyl groups excluding tert-OH is 1. The van der Waals surface area contributed by atoms with Crippen molar-refractivity contribution in [1.82, 2.24) is 0 Å². The van der Waals surface area contributed by atoms with E-state index < -0.39 is 0 Å². The molecule has 0 aromatic rings. The van der Waals surface area contributed by atoms with Gasteiger partial charge in [-0.05, 0) is 79.4 Å². The van der Waals surface area contributed by atoms with E-state index in [9.17, 15) is 9.90 Å². The number of carbonyl (C=O) groups excluding carboxylic acids is 1. The smallest absolute Gasteiger partial charge is 0.305 e. The molecule has 3 nitrogen and oxygen atoms in total. The Morgan fingerprint density at radius 3 is 2.53 bits per heavy atom. The molecule has 3 heteroatoms. The Hall–Kier alpha value is -1.09. The van der Waals surface area contributed by atoms with E-state index in [4.69, 9.17) is 4.74 Å². The van der Waals surface area contributed by atoms with Crippen LogP contribution in [0.25, 0.3) is 0 Å². The first kappa shape index (κ1) is 22.1. The lowest BCUT2D eigenvalue weighted by molar-refractivity contribution is -0.141. The van der Waals surface area contributed by atoms with Gasteiger partial charge in [0.25, 0.3) is 0 Å². The molecule has 0 aromatic carbocycles. The Morgan fingerprint density at radius 2 is 1.83 bits per heavy atom. The molecule has 3 fully saturated rings. The van der Waals surface area contributed by atoms with Gasteiger partial charge in [0.15, 0.2) is 0 Å². The highest BCUT2D eigenvalue weighted by atomic mass is 16.5. The molecule has 0 spiro atoms. The van der Waals surface area contributed by atoms with Crippen molar-refractivity contribution in [3.63, 3.8) is 0 Å². The summed E-state index contributed by atoms with van der Waals surface area (Å²) in [5, 5.41) is 11.2. The number of rotatable bonds is 4. The van der Waals surface area contributed by atoms with Crippen LogP contribution in [0.2, 0.25) is 0 Å². The zero-order valence-electron chi connectivity index (χ0n) is 20.0. The Balaban J connectivity index is 1.62. The highest BCUT2D eigenvalue weighted by molar-refractivity contribution is 5.69. The minimum atomic E-state index is -0.231. The van der Waals surface area contributed by atoms with Crippen LogP contribution in [0.4, 0.5) is 0 Å². The summed E-state index contributed by atoms with van der Waals surface area (Å²) in [5.74, 6) is 2.23. The van der Waals surface area contributed by atoms with E-state index in [-0.39, 0.29) is 22.9 Å². The van der Waals surface area contributed by atoms with Gasteiger partial charge in [-0.2, -0.15) is 0 Å². The van der Waals surface area contributed by atoms with Crippen LogP contribution in [0.1, 0.15) is 86.0 Å². The molecule has 1 N–H and O–H groups in total. The second kappa shape index (κ2) is 7.50. The van der Waals surface area contributed by atoms with Crippen molar-refractivity contribution in [2.75, 3.05) is 7.11 Å². The zero-order valence-corrected chi connectivity index (χ0v) is 20.0. The van der Waals surface area contributed by atoms with Gasteiger partial charge in [0.2, 0.25) is 0 Å². The maximum absolute atomic E-state index is 11.7. The van der Waals surface area contributed by atoms with Gasteiger partial charge in [-0.15, -0.1) is 0 Å². The molecule has 30 heavy (non-hydrogen) atoms. The van der Waals surface area contributed by atoms with Gasteiger partial charge >= 0.3 is 5.97 Å². The molecule has 0 saturated heterocycles. The third-order valence-electron chi connectivity index (χ3n) is 10.1. The van der Waals surface area contributed by atoms with Crippen LogP contribution in [-0.2, 0) is 9.53 Å². The van der Waals surface area contributed by atoms with Crippen LogP contribution < -0.4 is 0 Å². The second-order valence-electron chi connectivity index (χ2n) is 11.9. The summed E-state index contributed by atoms with van der Waals surface area (Å²) in [5.41, 5.74) is 3.48. The fourth-order valence-electron chi connectivity index (χ4n) is 8.34. The highest BCUT2D eigenvalue weighted by Crippen LogP contribution is 2.67. The van der Waals surface area contributed by atoms with Crippen LogP contribution in [0.15, 0.2) is 23.3 Å². The summed E-state index contributed by atoms with van der Waals surface area (Å²) in [6.45, 7) is 11.9. The van der Waals surface area contributed by atoms with Crippen molar-refractivity contribution in [1.29, 1.82) is 0 Å². The Kier molecular flexibility index (Phi) is 5.53. The molecule has 0 radical (unpaired) electrons. The molecule has 0 heterocycles. The van der Waals surface area contributed by atoms with E-state index in [0.29, 0.717) is 35.5 Å². The largest absolute Gasteiger partial charge is 0.469 e. The fourth-order valence-corrected chi connectivity index (χ4v) is 8.34. The van der Waals surface area contributed by atoms with Crippen LogP contribution in [-0.4, -0.2) is 24.3 Å². The molecule has 0 bridgehead atoms. The van der Waals surface area contributed by atoms with Crippen molar-refractivity contribution in [2.24, 2.45) is 39.9 Å². The summed E-state index contributed by atoms with van der Waals surface area (Å²) in [6, 6.07) is 0. The lowest BCUT2D eigenvalue weighted by atomic mass is 9.46. The van der Waals surface area contributed by atoms with Crippen molar-refractivity contribution in [3.8, 4) is 0 Å². The molecule has 0 aromatic heterocycles. The third kappa shape index (κ3) is 3.14. The van der Waals surface area contributed by atoms with Gasteiger partial charge in [-0.1, -0.05) is 57.9 Å². The predicted molar refractivity (Wildman–Crippen MR) is 121 cm³/mol. The van der Waals surface area contributed by atoms with Crippen molar-refractivity contribution < 1.29 is 14.6 Å². The SMILES string of the molecule is COC(=O)CC[C@@H](C)[C@H]1CC[C@H]2C3=CC=C4C(C)(C)CCC(O)[C@]4(C)[C@H]3CC[C@]12C. The van der Waals surface area contributed by atoms with E-state index in [1.54, 1.807) is 5.57 Å². The standard InChI is InChI=1S/C27H42O3/c1-17(7-12-24(29)30-6)19-9-10-20-18-8-11-22-25(2,3)15-14-23(28)27(22,5)21(18)13-16-26(19,20)4/h8,11,17,19-21,23,28H,7,9-10,12-16H2,1-6H3/t17-,19-,20+,21+,23?,26-,27-/m1/s1. The summed E-state index contributed by atoms with van der Waals surface area (Å²) in [6.07, 6.45) is 13.0. The number of carbonyl (C=O) groups is 1. The van der Waals surface area contributed by atoms with Crippen molar-refractivity contribution in [2.45, 2.75) is 92.1 Å². The Bertz CT molecular complexity index is 762. The average Bonchev–Trinajstić information content (AvgIpc) is 3.06. The van der Waals surface area contributed by atoms with E-state index >= 15 is 0 Å². The lowest BCUT2D eigenvalue weighted by Crippen LogP contribution is -2.53. The Labute approximate surface area is 183 Å². The monoisotopic (exact) mass is 414 g/mol. The summed E-state index contributed by atoms with van der Waals surface area (Å²) in [7, 11) is 1.49. The molecule has 1 unspecified atom stereocenters. The van der Waals surface area contributed by atoms with Gasteiger partial charge in [0, 0.05) is 11.8 Å². The minimum Gasteiger partial charge on any atom is -0.469 e. The topological polar surface area (TPSA) is 46.5 Å². The summed E-state index contributed by atoms with van der Waals surface area (Å²) in [4.78, 5) is 11.7. The zero-order chi connectivity index (χ0) is 21.9. The second-order valence-corrected chi connectivity index (χ2v) is 11.9. The quantitative estimate of drug-likeness (QED) is 0.568. The van der Waals surface area contributed by atoms with E-state index in [2.05, 4.69) is 46.8 Å². The number of esters is 1. The van der Waals surface area contributed by atoms with Crippen molar-refractivity contribution >= 4 is 5.97 Å². The molecule has 7 atom stereocenters. The number of allylic oxidation sites excluding steroid dienone is 3. The summed E-state index contributed by atoms with van der Waals surface area (Å²) < 4.78 is 4.88. The van der Waals surface area contributed by atoms with Crippen molar-refractivity contribution in [3.05, 3.63) is 23.3 Å². The Morgan fingerprint density at radius 1 is 1.10 bits per heavy atom. The first-order valence-corrected chi connectivity index (χ1v) is 12.2.